The summed E-state index contributed by atoms with van der Waals surface area (Å²) in [4.78, 5) is 0.281. The predicted octanol–water partition coefficient (Wildman–Crippen LogP) is 3.12. The topological polar surface area (TPSA) is 46.2 Å². The molecule has 0 bridgehead atoms. The van der Waals surface area contributed by atoms with E-state index in [0.717, 1.165) is 6.42 Å². The molecule has 3 nitrogen and oxygen atoms in total. The molecule has 1 N–H and O–H groups in total. The molecule has 0 amide bonds. The highest BCUT2D eigenvalue weighted by Crippen LogP contribution is 2.21. The second-order valence-electron chi connectivity index (χ2n) is 4.75. The minimum absolute atomic E-state index is 0.281. The lowest BCUT2D eigenvalue weighted by molar-refractivity contribution is 0.439. The van der Waals surface area contributed by atoms with Crippen LogP contribution in [-0.4, -0.2) is 14.0 Å². The van der Waals surface area contributed by atoms with Crippen molar-refractivity contribution in [3.8, 4) is 0 Å². The molecule has 17 heavy (non-hydrogen) atoms. The number of halogens is 1. The molecule has 0 saturated carbocycles. The fraction of sp³-hybridized carbons (Fsp3) is 0.500. The molecule has 0 aromatic heterocycles. The van der Waals surface area contributed by atoms with Crippen LogP contribution in [0.2, 0.25) is 5.02 Å². The third-order valence-corrected chi connectivity index (χ3v) is 4.81. The third kappa shape index (κ3) is 3.69. The zero-order valence-corrected chi connectivity index (χ0v) is 12.1. The summed E-state index contributed by atoms with van der Waals surface area (Å²) >= 11 is 5.81. The van der Waals surface area contributed by atoms with E-state index in [4.69, 9.17) is 11.6 Å². The Morgan fingerprint density at radius 3 is 2.41 bits per heavy atom. The monoisotopic (exact) mass is 275 g/mol. The molecule has 0 fully saturated rings. The maximum Gasteiger partial charge on any atom is 0.241 e. The first-order valence-corrected chi connectivity index (χ1v) is 7.34. The van der Waals surface area contributed by atoms with Gasteiger partial charge in [-0.1, -0.05) is 18.5 Å². The summed E-state index contributed by atoms with van der Waals surface area (Å²) in [6.45, 7) is 7.39. The Labute approximate surface area is 108 Å². The molecule has 0 aliphatic heterocycles. The minimum Gasteiger partial charge on any atom is -0.207 e. The molecule has 0 radical (unpaired) electrons. The number of sulfonamides is 1. The van der Waals surface area contributed by atoms with E-state index in [9.17, 15) is 8.42 Å². The van der Waals surface area contributed by atoms with Gasteiger partial charge in [0.15, 0.2) is 0 Å². The van der Waals surface area contributed by atoms with Gasteiger partial charge in [0.2, 0.25) is 10.0 Å². The molecule has 0 spiro atoms. The van der Waals surface area contributed by atoms with Gasteiger partial charge in [0, 0.05) is 10.6 Å². The largest absolute Gasteiger partial charge is 0.241 e. The normalized spacial score (nSPS) is 12.8. The number of hydrogen-bond acceptors (Lipinski definition) is 2. The summed E-state index contributed by atoms with van der Waals surface area (Å²) in [6.07, 6.45) is 0.721. The summed E-state index contributed by atoms with van der Waals surface area (Å²) in [5, 5.41) is 0.538. The highest BCUT2D eigenvalue weighted by atomic mass is 35.5. The molecular formula is C12H18ClNO2S. The van der Waals surface area contributed by atoms with Crippen molar-refractivity contribution < 1.29 is 8.42 Å². The van der Waals surface area contributed by atoms with Crippen molar-refractivity contribution in [2.45, 2.75) is 44.6 Å². The Kier molecular flexibility index (Phi) is 4.23. The van der Waals surface area contributed by atoms with Crippen molar-refractivity contribution in [2.75, 3.05) is 0 Å². The average molecular weight is 276 g/mol. The van der Waals surface area contributed by atoms with Gasteiger partial charge in [-0.05, 0) is 51.0 Å². The smallest absolute Gasteiger partial charge is 0.207 e. The van der Waals surface area contributed by atoms with E-state index in [2.05, 4.69) is 4.72 Å². The summed E-state index contributed by atoms with van der Waals surface area (Å²) in [5.41, 5.74) is 0.196. The number of rotatable bonds is 4. The lowest BCUT2D eigenvalue weighted by Crippen LogP contribution is -2.42. The van der Waals surface area contributed by atoms with Gasteiger partial charge in [0.1, 0.15) is 0 Å². The number of nitrogens with one attached hydrogen (secondary N) is 1. The van der Waals surface area contributed by atoms with Crippen LogP contribution in [0.3, 0.4) is 0 Å². The second-order valence-corrected chi connectivity index (χ2v) is 6.84. The minimum atomic E-state index is -3.49. The SMILES string of the molecule is CCC(C)(C)NS(=O)(=O)c1ccc(Cl)cc1C. The van der Waals surface area contributed by atoms with E-state index >= 15 is 0 Å². The lowest BCUT2D eigenvalue weighted by atomic mass is 10.0. The highest BCUT2D eigenvalue weighted by Gasteiger charge is 2.25. The van der Waals surface area contributed by atoms with Crippen LogP contribution in [0.5, 0.6) is 0 Å². The van der Waals surface area contributed by atoms with E-state index in [1.54, 1.807) is 19.1 Å². The Bertz CT molecular complexity index is 509. The molecular weight excluding hydrogens is 258 g/mol. The number of benzene rings is 1. The molecule has 0 aliphatic carbocycles. The molecule has 1 aromatic carbocycles. The summed E-state index contributed by atoms with van der Waals surface area (Å²) in [5.74, 6) is 0. The van der Waals surface area contributed by atoms with Gasteiger partial charge in [0.25, 0.3) is 0 Å². The Balaban J connectivity index is 3.14. The Morgan fingerprint density at radius 2 is 1.94 bits per heavy atom. The molecule has 1 rings (SSSR count). The van der Waals surface area contributed by atoms with Crippen molar-refractivity contribution in [1.82, 2.24) is 4.72 Å². The van der Waals surface area contributed by atoms with Crippen LogP contribution in [0.1, 0.15) is 32.8 Å². The Morgan fingerprint density at radius 1 is 1.35 bits per heavy atom. The molecule has 0 saturated heterocycles. The van der Waals surface area contributed by atoms with Crippen LogP contribution < -0.4 is 4.72 Å². The maximum atomic E-state index is 12.2. The van der Waals surface area contributed by atoms with E-state index in [-0.39, 0.29) is 4.90 Å². The lowest BCUT2D eigenvalue weighted by Gasteiger charge is -2.24. The fourth-order valence-electron chi connectivity index (χ4n) is 1.41. The van der Waals surface area contributed by atoms with Gasteiger partial charge < -0.3 is 0 Å². The van der Waals surface area contributed by atoms with Crippen LogP contribution in [0, 0.1) is 6.92 Å². The van der Waals surface area contributed by atoms with Crippen molar-refractivity contribution in [3.05, 3.63) is 28.8 Å². The standard InChI is InChI=1S/C12H18ClNO2S/c1-5-12(3,4)14-17(15,16)11-7-6-10(13)8-9(11)2/h6-8,14H,5H2,1-4H3. The quantitative estimate of drug-likeness (QED) is 0.918. The maximum absolute atomic E-state index is 12.2. The summed E-state index contributed by atoms with van der Waals surface area (Å²) < 4.78 is 27.1. The van der Waals surface area contributed by atoms with E-state index in [0.29, 0.717) is 10.6 Å². The van der Waals surface area contributed by atoms with Crippen molar-refractivity contribution in [2.24, 2.45) is 0 Å². The number of hydrogen-bond donors (Lipinski definition) is 1. The van der Waals surface area contributed by atoms with Crippen LogP contribution in [-0.2, 0) is 10.0 Å². The van der Waals surface area contributed by atoms with E-state index < -0.39 is 15.6 Å². The fourth-order valence-corrected chi connectivity index (χ4v) is 3.34. The predicted molar refractivity (Wildman–Crippen MR) is 70.9 cm³/mol. The first-order valence-electron chi connectivity index (χ1n) is 5.48. The van der Waals surface area contributed by atoms with Crippen LogP contribution in [0.4, 0.5) is 0 Å². The molecule has 96 valence electrons. The van der Waals surface area contributed by atoms with Gasteiger partial charge in [-0.25, -0.2) is 13.1 Å². The van der Waals surface area contributed by atoms with Crippen LogP contribution in [0.25, 0.3) is 0 Å². The molecule has 5 heteroatoms. The molecule has 0 unspecified atom stereocenters. The highest BCUT2D eigenvalue weighted by molar-refractivity contribution is 7.89. The molecule has 0 aliphatic rings. The summed E-state index contributed by atoms with van der Waals surface area (Å²) in [7, 11) is -3.49. The molecule has 0 heterocycles. The van der Waals surface area contributed by atoms with E-state index in [1.165, 1.54) is 6.07 Å². The van der Waals surface area contributed by atoms with Gasteiger partial charge in [-0.15, -0.1) is 0 Å². The van der Waals surface area contributed by atoms with Gasteiger partial charge in [-0.3, -0.25) is 0 Å². The van der Waals surface area contributed by atoms with Gasteiger partial charge in [0.05, 0.1) is 4.90 Å². The first kappa shape index (κ1) is 14.5. The first-order chi connectivity index (χ1) is 7.68. The zero-order chi connectivity index (χ0) is 13.3. The van der Waals surface area contributed by atoms with Crippen molar-refractivity contribution >= 4 is 21.6 Å². The Hall–Kier alpha value is -0.580. The molecule has 0 atom stereocenters. The van der Waals surface area contributed by atoms with Crippen molar-refractivity contribution in [3.63, 3.8) is 0 Å². The third-order valence-electron chi connectivity index (χ3n) is 2.72. The van der Waals surface area contributed by atoms with Crippen LogP contribution >= 0.6 is 11.6 Å². The molecule has 1 aromatic rings. The number of aryl methyl sites for hydroxylation is 1. The van der Waals surface area contributed by atoms with Crippen molar-refractivity contribution in [1.29, 1.82) is 0 Å². The average Bonchev–Trinajstić information content (AvgIpc) is 2.15. The summed E-state index contributed by atoms with van der Waals surface area (Å²) in [6, 6.07) is 4.77. The second kappa shape index (κ2) is 4.96. The van der Waals surface area contributed by atoms with Gasteiger partial charge >= 0.3 is 0 Å². The van der Waals surface area contributed by atoms with Crippen LogP contribution in [0.15, 0.2) is 23.1 Å². The van der Waals surface area contributed by atoms with E-state index in [1.807, 2.05) is 20.8 Å². The van der Waals surface area contributed by atoms with Gasteiger partial charge in [-0.2, -0.15) is 0 Å². The zero-order valence-electron chi connectivity index (χ0n) is 10.5.